The van der Waals surface area contributed by atoms with Crippen molar-refractivity contribution >= 4 is 51.6 Å². The highest BCUT2D eigenvalue weighted by molar-refractivity contribution is 14.1. The van der Waals surface area contributed by atoms with E-state index in [2.05, 4.69) is 22.6 Å². The third kappa shape index (κ3) is 4.09. The molecule has 0 N–H and O–H groups in total. The van der Waals surface area contributed by atoms with Crippen LogP contribution in [0.15, 0.2) is 42.5 Å². The first-order valence-electron chi connectivity index (χ1n) is 5.43. The molecule has 2 rings (SSSR count). The van der Waals surface area contributed by atoms with Gasteiger partial charge in [-0.25, -0.2) is 0 Å². The lowest BCUT2D eigenvalue weighted by atomic mass is 10.1. The molecule has 2 aromatic rings. The fourth-order valence-corrected chi connectivity index (χ4v) is 2.08. The first kappa shape index (κ1) is 14.6. The smallest absolute Gasteiger partial charge is 0.200 e. The predicted molar refractivity (Wildman–Crippen MR) is 85.4 cm³/mol. The minimum absolute atomic E-state index is 0.0292. The molecule has 2 aromatic carbocycles. The fourth-order valence-electron chi connectivity index (χ4n) is 1.43. The maximum Gasteiger partial charge on any atom is 0.200 e. The maximum atomic E-state index is 11.9. The van der Waals surface area contributed by atoms with Gasteiger partial charge < -0.3 is 4.74 Å². The number of benzene rings is 2. The van der Waals surface area contributed by atoms with Crippen LogP contribution in [0.1, 0.15) is 10.4 Å². The molecule has 0 aliphatic heterocycles. The number of hydrogen-bond donors (Lipinski definition) is 0. The summed E-state index contributed by atoms with van der Waals surface area (Å²) in [4.78, 5) is 11.9. The number of halogens is 3. The average Bonchev–Trinajstić information content (AvgIpc) is 2.40. The number of carbonyl (C=O) groups excluding carboxylic acids is 1. The Morgan fingerprint density at radius 2 is 1.74 bits per heavy atom. The Bertz CT molecular complexity index is 597. The Hall–Kier alpha value is -0.780. The number of carbonyl (C=O) groups is 1. The second-order valence-electron chi connectivity index (χ2n) is 3.79. The van der Waals surface area contributed by atoms with E-state index >= 15 is 0 Å². The van der Waals surface area contributed by atoms with Gasteiger partial charge in [0.05, 0.1) is 10.0 Å². The Kier molecular flexibility index (Phi) is 5.07. The molecule has 0 saturated heterocycles. The lowest BCUT2D eigenvalue weighted by molar-refractivity contribution is 0.0921. The van der Waals surface area contributed by atoms with Crippen molar-refractivity contribution in [3.63, 3.8) is 0 Å². The highest BCUT2D eigenvalue weighted by atomic mass is 127. The third-order valence-electron chi connectivity index (χ3n) is 2.43. The van der Waals surface area contributed by atoms with Gasteiger partial charge in [-0.1, -0.05) is 35.3 Å². The molecule has 0 saturated carbocycles. The first-order valence-corrected chi connectivity index (χ1v) is 7.26. The molecule has 2 nitrogen and oxygen atoms in total. The monoisotopic (exact) mass is 406 g/mol. The number of rotatable bonds is 4. The third-order valence-corrected chi connectivity index (χ3v) is 3.89. The summed E-state index contributed by atoms with van der Waals surface area (Å²) < 4.78 is 6.48. The molecular weight excluding hydrogens is 398 g/mol. The first-order chi connectivity index (χ1) is 9.06. The predicted octanol–water partition coefficient (Wildman–Crippen LogP) is 4.86. The summed E-state index contributed by atoms with van der Waals surface area (Å²) in [5.41, 5.74) is 0.625. The van der Waals surface area contributed by atoms with Gasteiger partial charge in [-0.05, 0) is 46.9 Å². The number of ketones is 1. The molecular formula is C14H9Cl2IO2. The SMILES string of the molecule is O=C(COc1ccc(Cl)c(Cl)c1)c1ccc(I)cc1. The van der Waals surface area contributed by atoms with Gasteiger partial charge in [0.15, 0.2) is 12.4 Å². The number of Topliss-reactive ketones (excluding diaryl/α,β-unsaturated/α-hetero) is 1. The number of hydrogen-bond acceptors (Lipinski definition) is 2. The maximum absolute atomic E-state index is 11.9. The van der Waals surface area contributed by atoms with Crippen LogP contribution in [-0.4, -0.2) is 12.4 Å². The van der Waals surface area contributed by atoms with Crippen molar-refractivity contribution < 1.29 is 9.53 Å². The summed E-state index contributed by atoms with van der Waals surface area (Å²) in [6, 6.07) is 12.2. The van der Waals surface area contributed by atoms with Gasteiger partial charge in [0.25, 0.3) is 0 Å². The highest BCUT2D eigenvalue weighted by Gasteiger charge is 2.07. The van der Waals surface area contributed by atoms with Crippen molar-refractivity contribution in [1.29, 1.82) is 0 Å². The van der Waals surface area contributed by atoms with E-state index in [-0.39, 0.29) is 12.4 Å². The van der Waals surface area contributed by atoms with E-state index in [4.69, 9.17) is 27.9 Å². The molecule has 0 aliphatic carbocycles. The van der Waals surface area contributed by atoms with Gasteiger partial charge in [-0.2, -0.15) is 0 Å². The minimum Gasteiger partial charge on any atom is -0.485 e. The van der Waals surface area contributed by atoms with E-state index in [1.807, 2.05) is 12.1 Å². The van der Waals surface area contributed by atoms with E-state index in [1.165, 1.54) is 0 Å². The summed E-state index contributed by atoms with van der Waals surface area (Å²) >= 11 is 13.9. The van der Waals surface area contributed by atoms with Crippen LogP contribution in [0.3, 0.4) is 0 Å². The fraction of sp³-hybridized carbons (Fsp3) is 0.0714. The zero-order valence-corrected chi connectivity index (χ0v) is 13.4. The highest BCUT2D eigenvalue weighted by Crippen LogP contribution is 2.26. The summed E-state index contributed by atoms with van der Waals surface area (Å²) in [5, 5.41) is 0.860. The van der Waals surface area contributed by atoms with E-state index in [1.54, 1.807) is 30.3 Å². The van der Waals surface area contributed by atoms with Crippen LogP contribution in [-0.2, 0) is 0 Å². The molecule has 0 aromatic heterocycles. The van der Waals surface area contributed by atoms with E-state index in [0.717, 1.165) is 3.57 Å². The van der Waals surface area contributed by atoms with Crippen molar-refractivity contribution in [1.82, 2.24) is 0 Å². The second-order valence-corrected chi connectivity index (χ2v) is 5.85. The standard InChI is InChI=1S/C14H9Cl2IO2/c15-12-6-5-11(7-13(12)16)19-8-14(18)9-1-3-10(17)4-2-9/h1-7H,8H2. The minimum atomic E-state index is -0.0810. The average molecular weight is 407 g/mol. The summed E-state index contributed by atoms with van der Waals surface area (Å²) in [7, 11) is 0. The van der Waals surface area contributed by atoms with Crippen LogP contribution in [0.4, 0.5) is 0 Å². The molecule has 0 aliphatic rings. The second kappa shape index (κ2) is 6.59. The van der Waals surface area contributed by atoms with Crippen LogP contribution >= 0.6 is 45.8 Å². The van der Waals surface area contributed by atoms with Crippen LogP contribution in [0, 0.1) is 3.57 Å². The quantitative estimate of drug-likeness (QED) is 0.535. The van der Waals surface area contributed by atoms with Crippen molar-refractivity contribution in [2.24, 2.45) is 0 Å². The van der Waals surface area contributed by atoms with Crippen LogP contribution in [0.5, 0.6) is 5.75 Å². The van der Waals surface area contributed by atoms with Gasteiger partial charge in [0.2, 0.25) is 0 Å². The molecule has 0 spiro atoms. The van der Waals surface area contributed by atoms with E-state index in [0.29, 0.717) is 21.4 Å². The van der Waals surface area contributed by atoms with Gasteiger partial charge in [-0.3, -0.25) is 4.79 Å². The number of ether oxygens (including phenoxy) is 1. The lowest BCUT2D eigenvalue weighted by Crippen LogP contribution is -2.11. The molecule has 0 radical (unpaired) electrons. The molecule has 0 fully saturated rings. The van der Waals surface area contributed by atoms with Gasteiger partial charge in [0.1, 0.15) is 5.75 Å². The van der Waals surface area contributed by atoms with Crippen LogP contribution in [0.25, 0.3) is 0 Å². The molecule has 19 heavy (non-hydrogen) atoms. The Morgan fingerprint density at radius 3 is 2.37 bits per heavy atom. The van der Waals surface area contributed by atoms with Crippen molar-refractivity contribution in [2.75, 3.05) is 6.61 Å². The Labute approximate surface area is 134 Å². The van der Waals surface area contributed by atoms with Crippen LogP contribution in [0.2, 0.25) is 10.0 Å². The molecule has 98 valence electrons. The molecule has 0 unspecified atom stereocenters. The van der Waals surface area contributed by atoms with E-state index < -0.39 is 0 Å². The zero-order chi connectivity index (χ0) is 13.8. The topological polar surface area (TPSA) is 26.3 Å². The summed E-state index contributed by atoms with van der Waals surface area (Å²) in [6.07, 6.45) is 0. The van der Waals surface area contributed by atoms with Crippen molar-refractivity contribution in [3.8, 4) is 5.75 Å². The summed E-state index contributed by atoms with van der Waals surface area (Å²) in [6.45, 7) is -0.0292. The Balaban J connectivity index is 2.00. The summed E-state index contributed by atoms with van der Waals surface area (Å²) in [5.74, 6) is 0.440. The molecule has 0 amide bonds. The van der Waals surface area contributed by atoms with Gasteiger partial charge >= 0.3 is 0 Å². The van der Waals surface area contributed by atoms with Crippen molar-refractivity contribution in [3.05, 3.63) is 61.6 Å². The zero-order valence-electron chi connectivity index (χ0n) is 9.70. The van der Waals surface area contributed by atoms with Crippen molar-refractivity contribution in [2.45, 2.75) is 0 Å². The normalized spacial score (nSPS) is 10.3. The molecule has 5 heteroatoms. The van der Waals surface area contributed by atoms with E-state index in [9.17, 15) is 4.79 Å². The van der Waals surface area contributed by atoms with Gasteiger partial charge in [0, 0.05) is 15.2 Å². The molecule has 0 heterocycles. The van der Waals surface area contributed by atoms with Gasteiger partial charge in [-0.15, -0.1) is 0 Å². The lowest BCUT2D eigenvalue weighted by Gasteiger charge is -2.06. The van der Waals surface area contributed by atoms with Crippen LogP contribution < -0.4 is 4.74 Å². The molecule has 0 atom stereocenters. The largest absolute Gasteiger partial charge is 0.485 e. The molecule has 0 bridgehead atoms. The Morgan fingerprint density at radius 1 is 1.05 bits per heavy atom.